The second-order valence-electron chi connectivity index (χ2n) is 5.95. The number of furan rings is 1. The maximum atomic E-state index is 12.1. The highest BCUT2D eigenvalue weighted by molar-refractivity contribution is 7.99. The number of urea groups is 1. The fourth-order valence-corrected chi connectivity index (χ4v) is 3.90. The Morgan fingerprint density at radius 1 is 1.50 bits per heavy atom. The maximum absolute atomic E-state index is 12.1. The Morgan fingerprint density at radius 2 is 2.27 bits per heavy atom. The molecule has 1 aliphatic carbocycles. The first-order valence-corrected chi connectivity index (χ1v) is 9.20. The van der Waals surface area contributed by atoms with Gasteiger partial charge < -0.3 is 20.2 Å². The minimum absolute atomic E-state index is 0.128. The van der Waals surface area contributed by atoms with E-state index in [0.717, 1.165) is 6.42 Å². The van der Waals surface area contributed by atoms with Crippen LogP contribution in [-0.4, -0.2) is 34.7 Å². The molecule has 0 aromatic carbocycles. The monoisotopic (exact) mass is 326 g/mol. The Labute approximate surface area is 136 Å². The van der Waals surface area contributed by atoms with Crippen molar-refractivity contribution in [3.05, 3.63) is 24.2 Å². The van der Waals surface area contributed by atoms with Crippen LogP contribution in [0.25, 0.3) is 0 Å². The van der Waals surface area contributed by atoms with E-state index in [2.05, 4.69) is 16.9 Å². The van der Waals surface area contributed by atoms with Crippen LogP contribution in [0.1, 0.15) is 50.9 Å². The van der Waals surface area contributed by atoms with Crippen molar-refractivity contribution in [1.29, 1.82) is 0 Å². The number of aliphatic hydroxyl groups is 1. The average molecular weight is 326 g/mol. The average Bonchev–Trinajstić information content (AvgIpc) is 3.01. The number of hydrogen-bond acceptors (Lipinski definition) is 4. The second kappa shape index (κ2) is 8.48. The molecule has 1 saturated carbocycles. The van der Waals surface area contributed by atoms with Crippen molar-refractivity contribution in [1.82, 2.24) is 10.6 Å². The van der Waals surface area contributed by atoms with Crippen molar-refractivity contribution >= 4 is 17.8 Å². The molecule has 1 aromatic heterocycles. The quantitative estimate of drug-likeness (QED) is 0.751. The van der Waals surface area contributed by atoms with E-state index in [9.17, 15) is 9.90 Å². The molecule has 22 heavy (non-hydrogen) atoms. The SMILES string of the molecule is CS[C@@H]1CCCC[C@@H]1NC(=O)N[C@@H](C)C[C@H](O)c1ccco1. The Kier molecular flexibility index (Phi) is 6.64. The van der Waals surface area contributed by atoms with Crippen LogP contribution in [0.15, 0.2) is 22.8 Å². The molecule has 3 N–H and O–H groups in total. The Morgan fingerprint density at radius 3 is 2.95 bits per heavy atom. The molecule has 1 fully saturated rings. The number of rotatable bonds is 6. The van der Waals surface area contributed by atoms with E-state index in [-0.39, 0.29) is 18.1 Å². The number of aliphatic hydroxyl groups excluding tert-OH is 1. The van der Waals surface area contributed by atoms with Crippen LogP contribution in [0.2, 0.25) is 0 Å². The molecule has 0 radical (unpaired) electrons. The highest BCUT2D eigenvalue weighted by atomic mass is 32.2. The lowest BCUT2D eigenvalue weighted by Gasteiger charge is -2.31. The van der Waals surface area contributed by atoms with Crippen molar-refractivity contribution in [2.75, 3.05) is 6.26 Å². The fourth-order valence-electron chi connectivity index (χ4n) is 2.97. The van der Waals surface area contributed by atoms with E-state index in [1.54, 1.807) is 12.1 Å². The molecular formula is C16H26N2O3S. The van der Waals surface area contributed by atoms with Gasteiger partial charge in [-0.05, 0) is 38.2 Å². The lowest BCUT2D eigenvalue weighted by Crippen LogP contribution is -2.50. The van der Waals surface area contributed by atoms with Crippen LogP contribution < -0.4 is 10.6 Å². The molecule has 1 heterocycles. The summed E-state index contributed by atoms with van der Waals surface area (Å²) in [5, 5.41) is 16.5. The third kappa shape index (κ3) is 4.95. The molecule has 0 bridgehead atoms. The third-order valence-electron chi connectivity index (χ3n) is 4.15. The summed E-state index contributed by atoms with van der Waals surface area (Å²) in [6, 6.07) is 3.45. The van der Waals surface area contributed by atoms with Gasteiger partial charge in [0.25, 0.3) is 0 Å². The first-order valence-electron chi connectivity index (χ1n) is 7.91. The molecule has 0 aliphatic heterocycles. The van der Waals surface area contributed by atoms with Gasteiger partial charge in [0.05, 0.1) is 6.26 Å². The topological polar surface area (TPSA) is 74.5 Å². The fraction of sp³-hybridized carbons (Fsp3) is 0.688. The summed E-state index contributed by atoms with van der Waals surface area (Å²) in [7, 11) is 0. The summed E-state index contributed by atoms with van der Waals surface area (Å²) in [4.78, 5) is 12.1. The largest absolute Gasteiger partial charge is 0.467 e. The summed E-state index contributed by atoms with van der Waals surface area (Å²) in [6.07, 6.45) is 8.00. The van der Waals surface area contributed by atoms with Crippen molar-refractivity contribution in [2.45, 2.75) is 62.5 Å². The standard InChI is InChI=1S/C16H26N2O3S/c1-11(10-13(19)14-7-5-9-21-14)17-16(20)18-12-6-3-4-8-15(12)22-2/h5,7,9,11-13,15,19H,3-4,6,8,10H2,1-2H3,(H2,17,18,20)/t11-,12-,13-,15+/m0/s1. The molecule has 0 unspecified atom stereocenters. The van der Waals surface area contributed by atoms with Gasteiger partial charge in [-0.15, -0.1) is 0 Å². The number of hydrogen-bond donors (Lipinski definition) is 3. The predicted octanol–water partition coefficient (Wildman–Crippen LogP) is 3.07. The van der Waals surface area contributed by atoms with E-state index in [1.807, 2.05) is 18.7 Å². The van der Waals surface area contributed by atoms with E-state index in [1.165, 1.54) is 25.5 Å². The lowest BCUT2D eigenvalue weighted by molar-refractivity contribution is 0.129. The van der Waals surface area contributed by atoms with Gasteiger partial charge in [0.1, 0.15) is 11.9 Å². The number of carbonyl (C=O) groups is 1. The molecule has 4 atom stereocenters. The summed E-state index contributed by atoms with van der Waals surface area (Å²) in [5.41, 5.74) is 0. The molecule has 1 aliphatic rings. The maximum Gasteiger partial charge on any atom is 0.315 e. The van der Waals surface area contributed by atoms with Crippen LogP contribution in [-0.2, 0) is 0 Å². The highest BCUT2D eigenvalue weighted by Gasteiger charge is 2.26. The van der Waals surface area contributed by atoms with E-state index in [0.29, 0.717) is 17.4 Å². The van der Waals surface area contributed by atoms with E-state index >= 15 is 0 Å². The summed E-state index contributed by atoms with van der Waals surface area (Å²) in [6.45, 7) is 1.89. The Bertz CT molecular complexity index is 452. The van der Waals surface area contributed by atoms with Crippen molar-refractivity contribution < 1.29 is 14.3 Å². The van der Waals surface area contributed by atoms with Gasteiger partial charge in [-0.25, -0.2) is 4.79 Å². The number of thioether (sulfide) groups is 1. The number of nitrogens with one attached hydrogen (secondary N) is 2. The Balaban J connectivity index is 1.76. The van der Waals surface area contributed by atoms with E-state index < -0.39 is 6.10 Å². The molecule has 0 spiro atoms. The molecule has 124 valence electrons. The minimum Gasteiger partial charge on any atom is -0.467 e. The van der Waals surface area contributed by atoms with Crippen LogP contribution in [0.5, 0.6) is 0 Å². The first kappa shape index (κ1) is 17.2. The normalized spacial score (nSPS) is 24.5. The molecule has 2 rings (SSSR count). The summed E-state index contributed by atoms with van der Waals surface area (Å²) < 4.78 is 5.17. The van der Waals surface area contributed by atoms with Gasteiger partial charge in [-0.1, -0.05) is 12.8 Å². The van der Waals surface area contributed by atoms with Crippen LogP contribution in [0.3, 0.4) is 0 Å². The smallest absolute Gasteiger partial charge is 0.315 e. The van der Waals surface area contributed by atoms with Gasteiger partial charge in [-0.2, -0.15) is 11.8 Å². The van der Waals surface area contributed by atoms with Gasteiger partial charge in [0.15, 0.2) is 0 Å². The van der Waals surface area contributed by atoms with Gasteiger partial charge in [0.2, 0.25) is 0 Å². The summed E-state index contributed by atoms with van der Waals surface area (Å²) >= 11 is 1.83. The van der Waals surface area contributed by atoms with Gasteiger partial charge in [0, 0.05) is 23.8 Å². The van der Waals surface area contributed by atoms with E-state index in [4.69, 9.17) is 4.42 Å². The summed E-state index contributed by atoms with van der Waals surface area (Å²) in [5.74, 6) is 0.531. The second-order valence-corrected chi connectivity index (χ2v) is 7.03. The van der Waals surface area contributed by atoms with Crippen LogP contribution in [0.4, 0.5) is 4.79 Å². The number of carbonyl (C=O) groups excluding carboxylic acids is 1. The van der Waals surface area contributed by atoms with Crippen molar-refractivity contribution in [2.24, 2.45) is 0 Å². The third-order valence-corrected chi connectivity index (χ3v) is 5.32. The molecule has 0 saturated heterocycles. The Hall–Kier alpha value is -1.14. The zero-order chi connectivity index (χ0) is 15.9. The molecule has 5 nitrogen and oxygen atoms in total. The predicted molar refractivity (Wildman–Crippen MR) is 89.0 cm³/mol. The van der Waals surface area contributed by atoms with Crippen LogP contribution in [0, 0.1) is 0 Å². The molecule has 2 amide bonds. The molecule has 1 aromatic rings. The molecule has 6 heteroatoms. The highest BCUT2D eigenvalue weighted by Crippen LogP contribution is 2.27. The zero-order valence-corrected chi connectivity index (χ0v) is 14.1. The minimum atomic E-state index is -0.695. The van der Waals surface area contributed by atoms with Crippen molar-refractivity contribution in [3.63, 3.8) is 0 Å². The molecular weight excluding hydrogens is 300 g/mol. The lowest BCUT2D eigenvalue weighted by atomic mass is 9.95. The van der Waals surface area contributed by atoms with Crippen molar-refractivity contribution in [3.8, 4) is 0 Å². The zero-order valence-electron chi connectivity index (χ0n) is 13.2. The van der Waals surface area contributed by atoms with Gasteiger partial charge >= 0.3 is 6.03 Å². The number of amides is 2. The van der Waals surface area contributed by atoms with Gasteiger partial charge in [-0.3, -0.25) is 0 Å². The first-order chi connectivity index (χ1) is 10.6. The van der Waals surface area contributed by atoms with Crippen LogP contribution >= 0.6 is 11.8 Å².